The lowest BCUT2D eigenvalue weighted by molar-refractivity contribution is -0.134. The van der Waals surface area contributed by atoms with Gasteiger partial charge in [-0.1, -0.05) is 64.2 Å². The van der Waals surface area contributed by atoms with Crippen LogP contribution >= 0.6 is 0 Å². The highest BCUT2D eigenvalue weighted by Gasteiger charge is 2.53. The molecule has 5 heteroatoms. The molecule has 0 radical (unpaired) electrons. The predicted molar refractivity (Wildman–Crippen MR) is 160 cm³/mol. The molecule has 1 aromatic carbocycles. The number of carbonyl (C=O) groups excluding carboxylic acids is 1. The van der Waals surface area contributed by atoms with Crippen LogP contribution in [0.1, 0.15) is 97.3 Å². The number of unbranched alkanes of at least 4 members (excludes halogenated alkanes) is 6. The minimum atomic E-state index is -0.348. The lowest BCUT2D eigenvalue weighted by atomic mass is 9.78. The van der Waals surface area contributed by atoms with Gasteiger partial charge in [0.15, 0.2) is 0 Å². The average Bonchev–Trinajstić information content (AvgIpc) is 3.19. The normalized spacial score (nSPS) is 24.3. The molecule has 1 amide bonds. The zero-order valence-corrected chi connectivity index (χ0v) is 25.0. The number of hydrogen-bond donors (Lipinski definition) is 0. The summed E-state index contributed by atoms with van der Waals surface area (Å²) >= 11 is 0. The number of likely N-dealkylation sites (tertiary alicyclic amines) is 1. The van der Waals surface area contributed by atoms with Crippen LogP contribution in [0.5, 0.6) is 0 Å². The number of rotatable bonds is 13. The summed E-state index contributed by atoms with van der Waals surface area (Å²) in [6.45, 7) is 9.77. The number of carbonyl (C=O) groups is 1. The van der Waals surface area contributed by atoms with Gasteiger partial charge in [-0.25, -0.2) is 0 Å². The summed E-state index contributed by atoms with van der Waals surface area (Å²) in [5.41, 5.74) is 0.867. The van der Waals surface area contributed by atoms with Crippen LogP contribution in [0, 0.1) is 11.8 Å². The van der Waals surface area contributed by atoms with Crippen molar-refractivity contribution in [2.24, 2.45) is 11.8 Å². The maximum absolute atomic E-state index is 14.0. The molecule has 0 unspecified atom stereocenters. The molecule has 2 aliphatic heterocycles. The number of anilines is 1. The summed E-state index contributed by atoms with van der Waals surface area (Å²) in [5, 5.41) is 0. The Hall–Kier alpha value is -1.59. The quantitative estimate of drug-likeness (QED) is 0.271. The Morgan fingerprint density at radius 2 is 1.47 bits per heavy atom. The van der Waals surface area contributed by atoms with Gasteiger partial charge >= 0.3 is 0 Å². The van der Waals surface area contributed by atoms with Gasteiger partial charge in [0.25, 0.3) is 0 Å². The lowest BCUT2D eigenvalue weighted by Gasteiger charge is -2.47. The van der Waals surface area contributed by atoms with Gasteiger partial charge in [0.05, 0.1) is 6.67 Å². The second-order valence-electron chi connectivity index (χ2n) is 13.1. The van der Waals surface area contributed by atoms with Crippen molar-refractivity contribution in [2.45, 2.75) is 109 Å². The number of piperidine rings is 1. The molecule has 1 aliphatic carbocycles. The molecule has 0 bridgehead atoms. The first-order chi connectivity index (χ1) is 18.4. The van der Waals surface area contributed by atoms with Crippen molar-refractivity contribution >= 4 is 11.6 Å². The molecule has 1 aromatic rings. The van der Waals surface area contributed by atoms with E-state index in [4.69, 9.17) is 0 Å². The van der Waals surface area contributed by atoms with Gasteiger partial charge in [0.2, 0.25) is 5.91 Å². The van der Waals surface area contributed by atoms with Crippen molar-refractivity contribution in [3.05, 3.63) is 30.3 Å². The molecule has 38 heavy (non-hydrogen) atoms. The van der Waals surface area contributed by atoms with Crippen LogP contribution in [0.2, 0.25) is 0 Å². The Kier molecular flexibility index (Phi) is 11.0. The molecule has 4 rings (SSSR count). The lowest BCUT2D eigenvalue weighted by Crippen LogP contribution is -2.58. The second kappa shape index (κ2) is 14.2. The van der Waals surface area contributed by atoms with Crippen molar-refractivity contribution in [1.82, 2.24) is 14.7 Å². The van der Waals surface area contributed by atoms with E-state index in [2.05, 4.69) is 77.9 Å². The van der Waals surface area contributed by atoms with Crippen molar-refractivity contribution in [1.29, 1.82) is 0 Å². The highest BCUT2D eigenvalue weighted by atomic mass is 16.2. The minimum Gasteiger partial charge on any atom is -0.339 e. The summed E-state index contributed by atoms with van der Waals surface area (Å²) in [7, 11) is 4.31. The third-order valence-electron chi connectivity index (χ3n) is 9.94. The van der Waals surface area contributed by atoms with E-state index in [9.17, 15) is 4.79 Å². The summed E-state index contributed by atoms with van der Waals surface area (Å²) in [6, 6.07) is 11.5. The van der Waals surface area contributed by atoms with Crippen LogP contribution < -0.4 is 4.90 Å². The molecular weight excluding hydrogens is 468 g/mol. The molecule has 0 aromatic heterocycles. The Bertz CT molecular complexity index is 825. The number of hydrogen-bond acceptors (Lipinski definition) is 4. The fourth-order valence-corrected chi connectivity index (χ4v) is 7.38. The first-order valence-electron chi connectivity index (χ1n) is 15.9. The molecule has 5 nitrogen and oxygen atoms in total. The second-order valence-corrected chi connectivity index (χ2v) is 13.1. The zero-order chi connectivity index (χ0) is 27.0. The maximum Gasteiger partial charge on any atom is 0.250 e. The predicted octanol–water partition coefficient (Wildman–Crippen LogP) is 6.63. The monoisotopic (exact) mass is 524 g/mol. The Morgan fingerprint density at radius 3 is 2.08 bits per heavy atom. The summed E-state index contributed by atoms with van der Waals surface area (Å²) < 4.78 is 0. The summed E-state index contributed by atoms with van der Waals surface area (Å²) in [4.78, 5) is 23.7. The largest absolute Gasteiger partial charge is 0.339 e. The van der Waals surface area contributed by atoms with Gasteiger partial charge in [0.1, 0.15) is 5.54 Å². The van der Waals surface area contributed by atoms with E-state index in [1.807, 2.05) is 0 Å². The standard InChI is InChI=1S/C33H56N4O/c1-28(2)29-17-19-30(20-18-29)35-25-21-33(22-26-35)32(38)36(27-37(33)31-15-11-10-12-16-31)24-14-9-7-5-6-8-13-23-34(3)4/h10-12,15-16,28-30H,5-9,13-14,17-27H2,1-4H3/t29-,30+. The fraction of sp³-hybridized carbons (Fsp3) is 0.788. The molecule has 0 atom stereocenters. The SMILES string of the molecule is CC(C)[C@H]1CC[C@@H](N2CCC3(CC2)C(=O)N(CCCCCCCCCN(C)C)CN3c2ccccc2)CC1. The summed E-state index contributed by atoms with van der Waals surface area (Å²) in [5.74, 6) is 2.12. The van der Waals surface area contributed by atoms with Crippen molar-refractivity contribution < 1.29 is 4.79 Å². The smallest absolute Gasteiger partial charge is 0.250 e. The van der Waals surface area contributed by atoms with E-state index >= 15 is 0 Å². The van der Waals surface area contributed by atoms with Crippen LogP contribution in [0.25, 0.3) is 0 Å². The Labute approximate surface area is 233 Å². The van der Waals surface area contributed by atoms with Crippen LogP contribution in [0.15, 0.2) is 30.3 Å². The van der Waals surface area contributed by atoms with Crippen LogP contribution in [-0.2, 0) is 4.79 Å². The summed E-state index contributed by atoms with van der Waals surface area (Å²) in [6.07, 6.45) is 16.4. The molecule has 2 saturated heterocycles. The molecule has 0 N–H and O–H groups in total. The molecule has 1 spiro atoms. The van der Waals surface area contributed by atoms with Gasteiger partial charge in [-0.15, -0.1) is 0 Å². The molecular formula is C33H56N4O. The zero-order valence-electron chi connectivity index (χ0n) is 25.0. The van der Waals surface area contributed by atoms with Crippen LogP contribution in [0.3, 0.4) is 0 Å². The first kappa shape index (κ1) is 29.4. The number of nitrogens with zero attached hydrogens (tertiary/aromatic N) is 4. The molecule has 3 fully saturated rings. The van der Waals surface area contributed by atoms with E-state index < -0.39 is 0 Å². The Balaban J connectivity index is 1.28. The molecule has 3 aliphatic rings. The van der Waals surface area contributed by atoms with Crippen molar-refractivity contribution in [2.75, 3.05) is 51.8 Å². The van der Waals surface area contributed by atoms with Gasteiger partial charge in [-0.2, -0.15) is 0 Å². The van der Waals surface area contributed by atoms with E-state index in [-0.39, 0.29) is 5.54 Å². The number of benzene rings is 1. The van der Waals surface area contributed by atoms with Gasteiger partial charge < -0.3 is 19.6 Å². The van der Waals surface area contributed by atoms with E-state index in [1.165, 1.54) is 76.4 Å². The highest BCUT2D eigenvalue weighted by Crippen LogP contribution is 2.41. The van der Waals surface area contributed by atoms with Crippen LogP contribution in [0.4, 0.5) is 5.69 Å². The molecule has 1 saturated carbocycles. The van der Waals surface area contributed by atoms with Crippen molar-refractivity contribution in [3.63, 3.8) is 0 Å². The maximum atomic E-state index is 14.0. The third kappa shape index (κ3) is 7.33. The number of amides is 1. The average molecular weight is 525 g/mol. The highest BCUT2D eigenvalue weighted by molar-refractivity contribution is 5.93. The minimum absolute atomic E-state index is 0.348. The first-order valence-corrected chi connectivity index (χ1v) is 15.9. The van der Waals surface area contributed by atoms with Crippen LogP contribution in [-0.4, -0.2) is 79.1 Å². The van der Waals surface area contributed by atoms with E-state index in [0.717, 1.165) is 63.4 Å². The van der Waals surface area contributed by atoms with Crippen molar-refractivity contribution in [3.8, 4) is 0 Å². The van der Waals surface area contributed by atoms with E-state index in [1.54, 1.807) is 0 Å². The fourth-order valence-electron chi connectivity index (χ4n) is 7.38. The van der Waals surface area contributed by atoms with Gasteiger partial charge in [-0.3, -0.25) is 4.79 Å². The Morgan fingerprint density at radius 1 is 0.868 bits per heavy atom. The topological polar surface area (TPSA) is 30.0 Å². The van der Waals surface area contributed by atoms with Gasteiger partial charge in [-0.05, 0) is 96.0 Å². The third-order valence-corrected chi connectivity index (χ3v) is 9.94. The molecule has 2 heterocycles. The molecule has 214 valence electrons. The number of para-hydroxylation sites is 1. The van der Waals surface area contributed by atoms with Gasteiger partial charge in [0, 0.05) is 31.4 Å². The van der Waals surface area contributed by atoms with E-state index in [0.29, 0.717) is 5.91 Å².